The van der Waals surface area contributed by atoms with Gasteiger partial charge in [0.25, 0.3) is 5.91 Å². The van der Waals surface area contributed by atoms with Crippen molar-refractivity contribution < 1.29 is 18.5 Å². The molecule has 0 bridgehead atoms. The highest BCUT2D eigenvalue weighted by atomic mass is 19.1. The third kappa shape index (κ3) is 4.26. The van der Waals surface area contributed by atoms with E-state index >= 15 is 0 Å². The van der Waals surface area contributed by atoms with E-state index in [-0.39, 0.29) is 30.4 Å². The summed E-state index contributed by atoms with van der Waals surface area (Å²) in [5.74, 6) is -0.310. The number of aromatic nitrogens is 4. The minimum Gasteiger partial charge on any atom is -0.454 e. The number of rotatable bonds is 7. The van der Waals surface area contributed by atoms with Crippen molar-refractivity contribution in [2.45, 2.75) is 26.9 Å². The normalized spacial score (nSPS) is 11.0. The maximum Gasteiger partial charge on any atom is 0.307 e. The van der Waals surface area contributed by atoms with E-state index in [0.29, 0.717) is 28.4 Å². The molecule has 0 unspecified atom stereocenters. The molecule has 0 atom stereocenters. The van der Waals surface area contributed by atoms with Crippen LogP contribution in [0.2, 0.25) is 0 Å². The first-order valence-electron chi connectivity index (χ1n) is 9.66. The van der Waals surface area contributed by atoms with Crippen molar-refractivity contribution in [1.29, 1.82) is 0 Å². The van der Waals surface area contributed by atoms with E-state index < -0.39 is 10.8 Å². The van der Waals surface area contributed by atoms with E-state index in [2.05, 4.69) is 15.5 Å². The molecule has 1 aromatic carbocycles. The number of benzene rings is 1. The Hall–Kier alpha value is -4.28. The molecule has 0 spiro atoms. The SMILES string of the molecule is Cc1nn(Cc2ccccc2F)c(C)c1NC(=O)c1ccc(Cn2cc([N+](=O)[O-])cn2)o1. The number of amides is 1. The summed E-state index contributed by atoms with van der Waals surface area (Å²) < 4.78 is 22.5. The van der Waals surface area contributed by atoms with Gasteiger partial charge in [-0.2, -0.15) is 10.2 Å². The molecule has 164 valence electrons. The van der Waals surface area contributed by atoms with Gasteiger partial charge in [0.2, 0.25) is 0 Å². The summed E-state index contributed by atoms with van der Waals surface area (Å²) in [7, 11) is 0. The molecule has 0 aliphatic rings. The number of aryl methyl sites for hydroxylation is 1. The Balaban J connectivity index is 1.47. The Kier molecular flexibility index (Phi) is 5.54. The summed E-state index contributed by atoms with van der Waals surface area (Å²) in [4.78, 5) is 22.9. The zero-order chi connectivity index (χ0) is 22.8. The monoisotopic (exact) mass is 438 g/mol. The number of nitro groups is 1. The average molecular weight is 438 g/mol. The van der Waals surface area contributed by atoms with Gasteiger partial charge in [-0.15, -0.1) is 0 Å². The molecule has 3 aromatic heterocycles. The molecule has 0 saturated heterocycles. The fourth-order valence-corrected chi connectivity index (χ4v) is 3.27. The van der Waals surface area contributed by atoms with Crippen LogP contribution in [-0.4, -0.2) is 30.4 Å². The second kappa shape index (κ2) is 8.46. The Bertz CT molecular complexity index is 1310. The van der Waals surface area contributed by atoms with Gasteiger partial charge in [-0.25, -0.2) is 4.39 Å². The first-order valence-corrected chi connectivity index (χ1v) is 9.66. The highest BCUT2D eigenvalue weighted by molar-refractivity contribution is 6.02. The molecule has 0 fully saturated rings. The van der Waals surface area contributed by atoms with Crippen LogP contribution in [0.25, 0.3) is 0 Å². The topological polar surface area (TPSA) is 121 Å². The standard InChI is InChI=1S/C21H19FN6O4/c1-13-20(14(2)27(25-13)10-15-5-3-4-6-18(15)22)24-21(29)19-8-7-17(32-19)12-26-11-16(9-23-26)28(30)31/h3-9,11H,10,12H2,1-2H3,(H,24,29). The Labute approximate surface area is 181 Å². The molecule has 1 amide bonds. The van der Waals surface area contributed by atoms with Gasteiger partial charge in [0.1, 0.15) is 24.0 Å². The molecular formula is C21H19FN6O4. The molecule has 1 N–H and O–H groups in total. The van der Waals surface area contributed by atoms with Crippen LogP contribution in [0.1, 0.15) is 33.3 Å². The lowest BCUT2D eigenvalue weighted by Crippen LogP contribution is -2.13. The molecule has 3 heterocycles. The predicted octanol–water partition coefficient (Wildman–Crippen LogP) is 3.69. The van der Waals surface area contributed by atoms with Crippen LogP contribution in [0.15, 0.2) is 53.2 Å². The molecule has 0 aliphatic carbocycles. The summed E-state index contributed by atoms with van der Waals surface area (Å²) >= 11 is 0. The van der Waals surface area contributed by atoms with Crippen LogP contribution in [0, 0.1) is 29.8 Å². The molecule has 11 heteroatoms. The smallest absolute Gasteiger partial charge is 0.307 e. The van der Waals surface area contributed by atoms with Gasteiger partial charge in [-0.05, 0) is 32.0 Å². The number of halogens is 1. The number of anilines is 1. The average Bonchev–Trinajstić information content (AvgIpc) is 3.47. The van der Waals surface area contributed by atoms with Crippen molar-refractivity contribution in [1.82, 2.24) is 19.6 Å². The quantitative estimate of drug-likeness (QED) is 0.347. The van der Waals surface area contributed by atoms with E-state index in [0.717, 1.165) is 6.20 Å². The zero-order valence-corrected chi connectivity index (χ0v) is 17.3. The van der Waals surface area contributed by atoms with Crippen LogP contribution in [0.3, 0.4) is 0 Å². The van der Waals surface area contributed by atoms with E-state index in [1.54, 1.807) is 42.8 Å². The van der Waals surface area contributed by atoms with Gasteiger partial charge in [0.15, 0.2) is 5.76 Å². The minimum absolute atomic E-state index is 0.0716. The summed E-state index contributed by atoms with van der Waals surface area (Å²) in [6, 6.07) is 9.56. The van der Waals surface area contributed by atoms with Gasteiger partial charge in [-0.1, -0.05) is 18.2 Å². The number of furan rings is 1. The Morgan fingerprint density at radius 3 is 2.72 bits per heavy atom. The molecular weight excluding hydrogens is 419 g/mol. The van der Waals surface area contributed by atoms with E-state index in [9.17, 15) is 19.3 Å². The largest absolute Gasteiger partial charge is 0.454 e. The zero-order valence-electron chi connectivity index (χ0n) is 17.3. The number of hydrogen-bond acceptors (Lipinski definition) is 6. The van der Waals surface area contributed by atoms with Crippen molar-refractivity contribution in [2.24, 2.45) is 0 Å². The predicted molar refractivity (Wildman–Crippen MR) is 112 cm³/mol. The molecule has 32 heavy (non-hydrogen) atoms. The first-order chi connectivity index (χ1) is 15.3. The summed E-state index contributed by atoms with van der Waals surface area (Å²) in [6.07, 6.45) is 2.42. The van der Waals surface area contributed by atoms with Crippen molar-refractivity contribution in [3.8, 4) is 0 Å². The van der Waals surface area contributed by atoms with Gasteiger partial charge in [-0.3, -0.25) is 24.3 Å². The molecule has 0 radical (unpaired) electrons. The lowest BCUT2D eigenvalue weighted by atomic mass is 10.2. The fourth-order valence-electron chi connectivity index (χ4n) is 3.27. The van der Waals surface area contributed by atoms with Gasteiger partial charge >= 0.3 is 5.69 Å². The first kappa shape index (κ1) is 21.0. The van der Waals surface area contributed by atoms with E-state index in [1.807, 2.05) is 0 Å². The number of carbonyl (C=O) groups excluding carboxylic acids is 1. The molecule has 10 nitrogen and oxygen atoms in total. The van der Waals surface area contributed by atoms with Crippen LogP contribution in [0.4, 0.5) is 15.8 Å². The fraction of sp³-hybridized carbons (Fsp3) is 0.190. The number of carbonyl (C=O) groups is 1. The minimum atomic E-state index is -0.540. The molecule has 4 aromatic rings. The summed E-state index contributed by atoms with van der Waals surface area (Å²) in [5, 5.41) is 21.9. The second-order valence-electron chi connectivity index (χ2n) is 7.17. The van der Waals surface area contributed by atoms with Crippen LogP contribution < -0.4 is 5.32 Å². The van der Waals surface area contributed by atoms with Crippen molar-refractivity contribution in [3.05, 3.63) is 93.2 Å². The van der Waals surface area contributed by atoms with Crippen molar-refractivity contribution >= 4 is 17.3 Å². The number of nitrogens with zero attached hydrogens (tertiary/aromatic N) is 5. The molecule has 4 rings (SSSR count). The van der Waals surface area contributed by atoms with Crippen molar-refractivity contribution in [2.75, 3.05) is 5.32 Å². The van der Waals surface area contributed by atoms with Crippen molar-refractivity contribution in [3.63, 3.8) is 0 Å². The second-order valence-corrected chi connectivity index (χ2v) is 7.17. The third-order valence-electron chi connectivity index (χ3n) is 4.93. The molecule has 0 saturated carbocycles. The number of nitrogens with one attached hydrogen (secondary N) is 1. The molecule has 0 aliphatic heterocycles. The number of hydrogen-bond donors (Lipinski definition) is 1. The highest BCUT2D eigenvalue weighted by Gasteiger charge is 2.19. The van der Waals surface area contributed by atoms with E-state index in [1.165, 1.54) is 23.0 Å². The third-order valence-corrected chi connectivity index (χ3v) is 4.93. The van der Waals surface area contributed by atoms with Crippen LogP contribution in [-0.2, 0) is 13.1 Å². The van der Waals surface area contributed by atoms with Gasteiger partial charge in [0, 0.05) is 5.56 Å². The van der Waals surface area contributed by atoms with Gasteiger partial charge < -0.3 is 9.73 Å². The maximum absolute atomic E-state index is 14.0. The van der Waals surface area contributed by atoms with Crippen LogP contribution in [0.5, 0.6) is 0 Å². The van der Waals surface area contributed by atoms with E-state index in [4.69, 9.17) is 4.42 Å². The lowest BCUT2D eigenvalue weighted by molar-refractivity contribution is -0.385. The summed E-state index contributed by atoms with van der Waals surface area (Å²) in [5.41, 5.74) is 2.14. The van der Waals surface area contributed by atoms with Gasteiger partial charge in [0.05, 0.1) is 35.1 Å². The Morgan fingerprint density at radius 1 is 1.22 bits per heavy atom. The lowest BCUT2D eigenvalue weighted by Gasteiger charge is -2.07. The highest BCUT2D eigenvalue weighted by Crippen LogP contribution is 2.22. The van der Waals surface area contributed by atoms with Crippen LogP contribution >= 0.6 is 0 Å². The summed E-state index contributed by atoms with van der Waals surface area (Å²) in [6.45, 7) is 3.91. The Morgan fingerprint density at radius 2 is 2.00 bits per heavy atom. The maximum atomic E-state index is 14.0.